The van der Waals surface area contributed by atoms with Crippen molar-refractivity contribution in [3.8, 4) is 17.1 Å². The second-order valence-electron chi connectivity index (χ2n) is 7.06. The molecule has 2 heterocycles. The van der Waals surface area contributed by atoms with Crippen LogP contribution in [-0.2, 0) is 0 Å². The Labute approximate surface area is 182 Å². The molecule has 0 aliphatic heterocycles. The summed E-state index contributed by atoms with van der Waals surface area (Å²) in [5.41, 5.74) is 6.12. The normalized spacial score (nSPS) is 12.4. The molecule has 0 bridgehead atoms. The molecule has 2 aromatic heterocycles. The summed E-state index contributed by atoms with van der Waals surface area (Å²) >= 11 is 0. The van der Waals surface area contributed by atoms with Crippen LogP contribution in [0.15, 0.2) is 83.8 Å². The SMILES string of the molecule is C=Cc1c(/C=C\C)n(-c2cccc(-c3nnc(C(/C=C\C)=C/C)o3)c2)c2ccccc12. The molecule has 0 atom stereocenters. The second kappa shape index (κ2) is 8.84. The van der Waals surface area contributed by atoms with E-state index in [1.165, 1.54) is 5.39 Å². The van der Waals surface area contributed by atoms with Crippen molar-refractivity contribution in [1.29, 1.82) is 0 Å². The van der Waals surface area contributed by atoms with Gasteiger partial charge < -0.3 is 8.98 Å². The van der Waals surface area contributed by atoms with Crippen molar-refractivity contribution in [2.75, 3.05) is 0 Å². The predicted molar refractivity (Wildman–Crippen MR) is 130 cm³/mol. The van der Waals surface area contributed by atoms with E-state index in [0.717, 1.165) is 33.6 Å². The topological polar surface area (TPSA) is 43.9 Å². The van der Waals surface area contributed by atoms with Gasteiger partial charge in [0.25, 0.3) is 0 Å². The molecule has 0 aliphatic rings. The molecule has 0 unspecified atom stereocenters. The molecule has 0 spiro atoms. The number of aromatic nitrogens is 3. The summed E-state index contributed by atoms with van der Waals surface area (Å²) in [7, 11) is 0. The molecule has 4 rings (SSSR count). The zero-order chi connectivity index (χ0) is 21.8. The molecule has 2 aromatic carbocycles. The van der Waals surface area contributed by atoms with Crippen LogP contribution in [0.25, 0.3) is 45.8 Å². The van der Waals surface area contributed by atoms with Gasteiger partial charge in [-0.25, -0.2) is 0 Å². The number of nitrogens with zero attached hydrogens (tertiary/aromatic N) is 3. The lowest BCUT2D eigenvalue weighted by molar-refractivity contribution is 0.554. The summed E-state index contributed by atoms with van der Waals surface area (Å²) < 4.78 is 8.22. The summed E-state index contributed by atoms with van der Waals surface area (Å²) in [5.74, 6) is 1.00. The third kappa shape index (κ3) is 3.68. The number of rotatable bonds is 6. The van der Waals surface area contributed by atoms with E-state index in [1.807, 2.05) is 63.3 Å². The third-order valence-corrected chi connectivity index (χ3v) is 5.16. The van der Waals surface area contributed by atoms with E-state index in [2.05, 4.69) is 63.8 Å². The van der Waals surface area contributed by atoms with Gasteiger partial charge in [-0.15, -0.1) is 10.2 Å². The first-order valence-electron chi connectivity index (χ1n) is 10.3. The fourth-order valence-corrected chi connectivity index (χ4v) is 3.80. The molecule has 0 N–H and O–H groups in total. The van der Waals surface area contributed by atoms with E-state index in [0.29, 0.717) is 11.8 Å². The van der Waals surface area contributed by atoms with Gasteiger partial charge in [0.2, 0.25) is 11.8 Å². The minimum Gasteiger partial charge on any atom is -0.416 e. The van der Waals surface area contributed by atoms with Crippen molar-refractivity contribution < 1.29 is 4.42 Å². The van der Waals surface area contributed by atoms with Gasteiger partial charge in [0.15, 0.2) is 0 Å². The molecule has 0 amide bonds. The maximum Gasteiger partial charge on any atom is 0.248 e. The molecule has 4 aromatic rings. The fraction of sp³-hybridized carbons (Fsp3) is 0.111. The first-order valence-corrected chi connectivity index (χ1v) is 10.3. The lowest BCUT2D eigenvalue weighted by Gasteiger charge is -2.10. The summed E-state index contributed by atoms with van der Waals surface area (Å²) in [5, 5.41) is 9.68. The van der Waals surface area contributed by atoms with E-state index in [9.17, 15) is 0 Å². The van der Waals surface area contributed by atoms with Gasteiger partial charge in [-0.3, -0.25) is 0 Å². The number of allylic oxidation sites excluding steroid dienone is 5. The number of hydrogen-bond acceptors (Lipinski definition) is 3. The molecule has 4 nitrogen and oxygen atoms in total. The molecular weight excluding hydrogens is 382 g/mol. The molecule has 31 heavy (non-hydrogen) atoms. The zero-order valence-corrected chi connectivity index (χ0v) is 18.0. The summed E-state index contributed by atoms with van der Waals surface area (Å²) in [6, 6.07) is 16.5. The van der Waals surface area contributed by atoms with Gasteiger partial charge >= 0.3 is 0 Å². The van der Waals surface area contributed by atoms with Crippen molar-refractivity contribution >= 4 is 28.6 Å². The highest BCUT2D eigenvalue weighted by Crippen LogP contribution is 2.33. The summed E-state index contributed by atoms with van der Waals surface area (Å²) in [4.78, 5) is 0. The molecule has 154 valence electrons. The Kier molecular flexibility index (Phi) is 5.80. The Morgan fingerprint density at radius 1 is 1.00 bits per heavy atom. The summed E-state index contributed by atoms with van der Waals surface area (Å²) in [6.07, 6.45) is 12.0. The van der Waals surface area contributed by atoms with Crippen LogP contribution in [0.1, 0.15) is 37.9 Å². The lowest BCUT2D eigenvalue weighted by Crippen LogP contribution is -1.97. The van der Waals surface area contributed by atoms with Crippen molar-refractivity contribution in [2.24, 2.45) is 0 Å². The van der Waals surface area contributed by atoms with Crippen LogP contribution in [0, 0.1) is 0 Å². The van der Waals surface area contributed by atoms with E-state index in [1.54, 1.807) is 0 Å². The van der Waals surface area contributed by atoms with Gasteiger partial charge in [0, 0.05) is 27.8 Å². The highest BCUT2D eigenvalue weighted by atomic mass is 16.4. The maximum absolute atomic E-state index is 5.98. The maximum atomic E-state index is 5.98. The molecule has 0 fully saturated rings. The van der Waals surface area contributed by atoms with Crippen molar-refractivity contribution in [1.82, 2.24) is 14.8 Å². The van der Waals surface area contributed by atoms with Gasteiger partial charge in [0.1, 0.15) is 0 Å². The summed E-state index contributed by atoms with van der Waals surface area (Å²) in [6.45, 7) is 9.99. The average Bonchev–Trinajstić information content (AvgIpc) is 3.41. The van der Waals surface area contributed by atoms with Crippen molar-refractivity contribution in [2.45, 2.75) is 20.8 Å². The van der Waals surface area contributed by atoms with Crippen LogP contribution in [-0.4, -0.2) is 14.8 Å². The van der Waals surface area contributed by atoms with Gasteiger partial charge in [0.05, 0.1) is 11.2 Å². The van der Waals surface area contributed by atoms with E-state index in [4.69, 9.17) is 4.42 Å². The van der Waals surface area contributed by atoms with Crippen LogP contribution in [0.5, 0.6) is 0 Å². The first-order chi connectivity index (χ1) is 15.2. The third-order valence-electron chi connectivity index (χ3n) is 5.16. The Hall–Kier alpha value is -3.92. The number of fused-ring (bicyclic) bond motifs is 1. The Morgan fingerprint density at radius 2 is 1.84 bits per heavy atom. The van der Waals surface area contributed by atoms with Crippen LogP contribution in [0.4, 0.5) is 0 Å². The Bertz CT molecular complexity index is 1330. The molecule has 0 saturated heterocycles. The van der Waals surface area contributed by atoms with Crippen LogP contribution < -0.4 is 0 Å². The Balaban J connectivity index is 1.87. The van der Waals surface area contributed by atoms with Crippen LogP contribution in [0.2, 0.25) is 0 Å². The van der Waals surface area contributed by atoms with E-state index >= 15 is 0 Å². The lowest BCUT2D eigenvalue weighted by atomic mass is 10.1. The predicted octanol–water partition coefficient (Wildman–Crippen LogP) is 7.34. The first kappa shape index (κ1) is 20.4. The standard InChI is InChI=1S/C27H25N3O/c1-5-12-19(7-3)26-28-29-27(31-26)20-14-11-15-21(18-20)30-24(13-6-2)22(8-4)23-16-9-10-17-25(23)30/h5-18H,4H2,1-3H3/b12-5-,13-6-,19-7+. The van der Waals surface area contributed by atoms with Gasteiger partial charge in [-0.1, -0.05) is 61.2 Å². The van der Waals surface area contributed by atoms with E-state index < -0.39 is 0 Å². The number of benzene rings is 2. The number of hydrogen-bond donors (Lipinski definition) is 0. The minimum atomic E-state index is 0.494. The van der Waals surface area contributed by atoms with E-state index in [-0.39, 0.29) is 0 Å². The largest absolute Gasteiger partial charge is 0.416 e. The quantitative estimate of drug-likeness (QED) is 0.314. The molecule has 4 heteroatoms. The van der Waals surface area contributed by atoms with Crippen LogP contribution >= 0.6 is 0 Å². The van der Waals surface area contributed by atoms with Crippen molar-refractivity contribution in [3.05, 3.63) is 96.6 Å². The zero-order valence-electron chi connectivity index (χ0n) is 18.0. The fourth-order valence-electron chi connectivity index (χ4n) is 3.80. The van der Waals surface area contributed by atoms with Gasteiger partial charge in [-0.05, 0) is 51.1 Å². The smallest absolute Gasteiger partial charge is 0.248 e. The monoisotopic (exact) mass is 407 g/mol. The molecular formula is C27H25N3O. The van der Waals surface area contributed by atoms with Gasteiger partial charge in [-0.2, -0.15) is 0 Å². The minimum absolute atomic E-state index is 0.494. The second-order valence-corrected chi connectivity index (χ2v) is 7.06. The Morgan fingerprint density at radius 3 is 2.58 bits per heavy atom. The molecule has 0 radical (unpaired) electrons. The molecule has 0 saturated carbocycles. The average molecular weight is 408 g/mol. The number of para-hydroxylation sites is 1. The highest BCUT2D eigenvalue weighted by Gasteiger charge is 2.16. The molecule has 0 aliphatic carbocycles. The van der Waals surface area contributed by atoms with Crippen LogP contribution in [0.3, 0.4) is 0 Å². The highest BCUT2D eigenvalue weighted by molar-refractivity contribution is 5.95. The van der Waals surface area contributed by atoms with Crippen molar-refractivity contribution in [3.63, 3.8) is 0 Å².